The zero-order chi connectivity index (χ0) is 16.6. The molecule has 1 aromatic heterocycles. The van der Waals surface area contributed by atoms with Gasteiger partial charge in [-0.2, -0.15) is 4.98 Å². The lowest BCUT2D eigenvalue weighted by molar-refractivity contribution is 0.721. The molecule has 4 nitrogen and oxygen atoms in total. The summed E-state index contributed by atoms with van der Waals surface area (Å²) in [6, 6.07) is 17.2. The molecule has 1 saturated heterocycles. The third-order valence-electron chi connectivity index (χ3n) is 5.39. The monoisotopic (exact) mass is 330 g/mol. The Balaban J connectivity index is 1.60. The van der Waals surface area contributed by atoms with Crippen molar-refractivity contribution in [2.45, 2.75) is 25.8 Å². The standard InChI is InChI=1S/C21H22N4/c1-2-8-17-15-25(14-11-16(17)7-1)20-18-9-3-4-10-19(18)22-21(23-20)24-12-5-6-13-24/h1-4,7-10H,5-6,11-15H2. The van der Waals surface area contributed by atoms with Crippen molar-refractivity contribution in [3.05, 3.63) is 59.7 Å². The van der Waals surface area contributed by atoms with E-state index in [1.54, 1.807) is 0 Å². The highest BCUT2D eigenvalue weighted by atomic mass is 15.3. The molecule has 0 bridgehead atoms. The van der Waals surface area contributed by atoms with Crippen LogP contribution in [-0.2, 0) is 13.0 Å². The maximum absolute atomic E-state index is 5.02. The Hall–Kier alpha value is -2.62. The Morgan fingerprint density at radius 2 is 1.48 bits per heavy atom. The molecule has 1 fully saturated rings. The van der Waals surface area contributed by atoms with Crippen LogP contribution in [0, 0.1) is 0 Å². The Bertz CT molecular complexity index is 915. The van der Waals surface area contributed by atoms with Crippen LogP contribution in [0.15, 0.2) is 48.5 Å². The largest absolute Gasteiger partial charge is 0.351 e. The summed E-state index contributed by atoms with van der Waals surface area (Å²) in [6.07, 6.45) is 3.55. The van der Waals surface area contributed by atoms with E-state index in [0.717, 1.165) is 55.3 Å². The summed E-state index contributed by atoms with van der Waals surface area (Å²) in [7, 11) is 0. The van der Waals surface area contributed by atoms with E-state index in [2.05, 4.69) is 58.3 Å². The fourth-order valence-electron chi connectivity index (χ4n) is 4.02. The molecule has 0 aliphatic carbocycles. The van der Waals surface area contributed by atoms with E-state index in [1.807, 2.05) is 0 Å². The van der Waals surface area contributed by atoms with Gasteiger partial charge >= 0.3 is 0 Å². The molecule has 3 aromatic rings. The van der Waals surface area contributed by atoms with Gasteiger partial charge in [0.05, 0.1) is 5.52 Å². The average Bonchev–Trinajstić information content (AvgIpc) is 3.21. The third-order valence-corrected chi connectivity index (χ3v) is 5.39. The van der Waals surface area contributed by atoms with Crippen molar-refractivity contribution in [3.8, 4) is 0 Å². The zero-order valence-corrected chi connectivity index (χ0v) is 14.4. The van der Waals surface area contributed by atoms with E-state index in [0.29, 0.717) is 0 Å². The van der Waals surface area contributed by atoms with E-state index in [4.69, 9.17) is 9.97 Å². The quantitative estimate of drug-likeness (QED) is 0.715. The first-order valence-corrected chi connectivity index (χ1v) is 9.22. The maximum Gasteiger partial charge on any atom is 0.227 e. The lowest BCUT2D eigenvalue weighted by Crippen LogP contribution is -2.32. The molecule has 0 unspecified atom stereocenters. The van der Waals surface area contributed by atoms with Crippen LogP contribution in [0.2, 0.25) is 0 Å². The SMILES string of the molecule is c1ccc2c(c1)CCN(c1nc(N3CCCC3)nc3ccccc13)C2. The molecule has 5 rings (SSSR count). The minimum atomic E-state index is 0.894. The molecule has 0 N–H and O–H groups in total. The fourth-order valence-corrected chi connectivity index (χ4v) is 4.02. The second-order valence-corrected chi connectivity index (χ2v) is 7.00. The van der Waals surface area contributed by atoms with Crippen LogP contribution in [0.1, 0.15) is 24.0 Å². The van der Waals surface area contributed by atoms with E-state index in [-0.39, 0.29) is 0 Å². The molecule has 2 aliphatic rings. The summed E-state index contributed by atoms with van der Waals surface area (Å²) in [4.78, 5) is 14.6. The normalized spacial score (nSPS) is 17.1. The van der Waals surface area contributed by atoms with Gasteiger partial charge in [0.1, 0.15) is 5.82 Å². The van der Waals surface area contributed by atoms with Crippen molar-refractivity contribution >= 4 is 22.7 Å². The van der Waals surface area contributed by atoms with Gasteiger partial charge < -0.3 is 9.80 Å². The second kappa shape index (κ2) is 6.03. The molecule has 126 valence electrons. The number of nitrogens with zero attached hydrogens (tertiary/aromatic N) is 4. The van der Waals surface area contributed by atoms with Gasteiger partial charge in [-0.15, -0.1) is 0 Å². The topological polar surface area (TPSA) is 32.3 Å². The molecule has 2 aromatic carbocycles. The number of para-hydroxylation sites is 1. The van der Waals surface area contributed by atoms with Crippen LogP contribution < -0.4 is 9.80 Å². The van der Waals surface area contributed by atoms with Crippen LogP contribution in [0.4, 0.5) is 11.8 Å². The number of hydrogen-bond acceptors (Lipinski definition) is 4. The van der Waals surface area contributed by atoms with Crippen LogP contribution in [-0.4, -0.2) is 29.6 Å². The summed E-state index contributed by atoms with van der Waals surface area (Å²) in [5.74, 6) is 1.98. The highest BCUT2D eigenvalue weighted by molar-refractivity contribution is 5.90. The van der Waals surface area contributed by atoms with Crippen molar-refractivity contribution in [1.29, 1.82) is 0 Å². The van der Waals surface area contributed by atoms with E-state index in [9.17, 15) is 0 Å². The predicted octanol–water partition coefficient (Wildman–Crippen LogP) is 3.79. The summed E-state index contributed by atoms with van der Waals surface area (Å²) in [5, 5.41) is 1.16. The number of benzene rings is 2. The third kappa shape index (κ3) is 2.62. The van der Waals surface area contributed by atoms with Gasteiger partial charge in [-0.3, -0.25) is 0 Å². The molecule has 0 amide bonds. The fraction of sp³-hybridized carbons (Fsp3) is 0.333. The van der Waals surface area contributed by atoms with E-state index >= 15 is 0 Å². The van der Waals surface area contributed by atoms with Crippen molar-refractivity contribution in [3.63, 3.8) is 0 Å². The van der Waals surface area contributed by atoms with E-state index in [1.165, 1.54) is 24.0 Å². The maximum atomic E-state index is 5.02. The van der Waals surface area contributed by atoms with Crippen LogP contribution in [0.25, 0.3) is 10.9 Å². The van der Waals surface area contributed by atoms with E-state index < -0.39 is 0 Å². The number of fused-ring (bicyclic) bond motifs is 2. The molecule has 0 radical (unpaired) electrons. The summed E-state index contributed by atoms with van der Waals surface area (Å²) < 4.78 is 0. The van der Waals surface area contributed by atoms with Crippen molar-refractivity contribution in [2.75, 3.05) is 29.4 Å². The van der Waals surface area contributed by atoms with Crippen LogP contribution >= 0.6 is 0 Å². The van der Waals surface area contributed by atoms with Gasteiger partial charge in [0.15, 0.2) is 0 Å². The smallest absolute Gasteiger partial charge is 0.227 e. The molecule has 2 aliphatic heterocycles. The molecule has 0 atom stereocenters. The Kier molecular flexibility index (Phi) is 3.54. The molecule has 0 saturated carbocycles. The lowest BCUT2D eigenvalue weighted by Gasteiger charge is -2.31. The molecular formula is C21H22N4. The van der Waals surface area contributed by atoms with Gasteiger partial charge in [-0.25, -0.2) is 4.98 Å². The summed E-state index contributed by atoms with van der Waals surface area (Å²) in [6.45, 7) is 4.08. The van der Waals surface area contributed by atoms with Gasteiger partial charge in [0.25, 0.3) is 0 Å². The van der Waals surface area contributed by atoms with Gasteiger partial charge in [-0.05, 0) is 42.5 Å². The summed E-state index contributed by atoms with van der Waals surface area (Å²) in [5.41, 5.74) is 3.93. The first-order chi connectivity index (χ1) is 12.4. The van der Waals surface area contributed by atoms with Crippen molar-refractivity contribution < 1.29 is 0 Å². The number of anilines is 2. The van der Waals surface area contributed by atoms with Crippen molar-refractivity contribution in [2.24, 2.45) is 0 Å². The second-order valence-electron chi connectivity index (χ2n) is 7.00. The molecule has 0 spiro atoms. The Morgan fingerprint density at radius 3 is 2.36 bits per heavy atom. The summed E-state index contributed by atoms with van der Waals surface area (Å²) >= 11 is 0. The predicted molar refractivity (Wildman–Crippen MR) is 102 cm³/mol. The first kappa shape index (κ1) is 14.7. The first-order valence-electron chi connectivity index (χ1n) is 9.22. The lowest BCUT2D eigenvalue weighted by atomic mass is 10.00. The minimum Gasteiger partial charge on any atom is -0.351 e. The van der Waals surface area contributed by atoms with Crippen LogP contribution in [0.5, 0.6) is 0 Å². The molecule has 25 heavy (non-hydrogen) atoms. The van der Waals surface area contributed by atoms with Gasteiger partial charge in [-0.1, -0.05) is 36.4 Å². The minimum absolute atomic E-state index is 0.894. The average molecular weight is 330 g/mol. The van der Waals surface area contributed by atoms with Crippen LogP contribution in [0.3, 0.4) is 0 Å². The molecule has 4 heteroatoms. The Morgan fingerprint density at radius 1 is 0.720 bits per heavy atom. The van der Waals surface area contributed by atoms with Gasteiger partial charge in [0, 0.05) is 31.6 Å². The molecular weight excluding hydrogens is 308 g/mol. The highest BCUT2D eigenvalue weighted by Gasteiger charge is 2.22. The van der Waals surface area contributed by atoms with Gasteiger partial charge in [0.2, 0.25) is 5.95 Å². The Labute approximate surface area is 148 Å². The van der Waals surface area contributed by atoms with Crippen molar-refractivity contribution in [1.82, 2.24) is 9.97 Å². The number of hydrogen-bond donors (Lipinski definition) is 0. The number of rotatable bonds is 2. The zero-order valence-electron chi connectivity index (χ0n) is 14.4. The molecule has 3 heterocycles. The highest BCUT2D eigenvalue weighted by Crippen LogP contribution is 2.31. The number of aromatic nitrogens is 2.